The Balaban J connectivity index is 2.17. The molecule has 112 valence electrons. The molecular formula is C14H17F4NO. The summed E-state index contributed by atoms with van der Waals surface area (Å²) in [6.07, 6.45) is -1.36. The summed E-state index contributed by atoms with van der Waals surface area (Å²) in [5, 5.41) is 3.00. The topological polar surface area (TPSA) is 21.3 Å². The smallest absolute Gasteiger partial charge is 0.419 e. The predicted molar refractivity (Wildman–Crippen MR) is 67.2 cm³/mol. The van der Waals surface area contributed by atoms with E-state index < -0.39 is 23.2 Å². The highest BCUT2D eigenvalue weighted by molar-refractivity contribution is 5.32. The quantitative estimate of drug-likeness (QED) is 0.834. The van der Waals surface area contributed by atoms with Crippen LogP contribution >= 0.6 is 0 Å². The van der Waals surface area contributed by atoms with E-state index in [0.29, 0.717) is 0 Å². The predicted octanol–water partition coefficient (Wildman–Crippen LogP) is 3.76. The van der Waals surface area contributed by atoms with E-state index in [2.05, 4.69) is 5.32 Å². The third-order valence-electron chi connectivity index (χ3n) is 3.67. The lowest BCUT2D eigenvalue weighted by Gasteiger charge is -2.42. The fourth-order valence-electron chi connectivity index (χ4n) is 2.36. The summed E-state index contributed by atoms with van der Waals surface area (Å²) in [5.41, 5.74) is -1.69. The first-order valence-corrected chi connectivity index (χ1v) is 6.57. The van der Waals surface area contributed by atoms with Crippen molar-refractivity contribution >= 4 is 0 Å². The van der Waals surface area contributed by atoms with Gasteiger partial charge in [-0.15, -0.1) is 0 Å². The molecule has 0 aromatic heterocycles. The van der Waals surface area contributed by atoms with Crippen molar-refractivity contribution in [2.24, 2.45) is 0 Å². The van der Waals surface area contributed by atoms with Gasteiger partial charge in [-0.05, 0) is 57.5 Å². The molecule has 0 saturated heterocycles. The number of ether oxygens (including phenoxy) is 1. The summed E-state index contributed by atoms with van der Waals surface area (Å²) in [6, 6.07) is 2.81. The molecule has 1 saturated carbocycles. The SMILES string of the molecule is CNCCC1(Oc2ccc(F)c(C(F)(F)F)c2)CCC1. The number of rotatable bonds is 5. The molecule has 2 nitrogen and oxygen atoms in total. The first kappa shape index (κ1) is 15.1. The Morgan fingerprint density at radius 1 is 1.30 bits per heavy atom. The van der Waals surface area contributed by atoms with E-state index in [0.717, 1.165) is 44.4 Å². The molecule has 0 unspecified atom stereocenters. The third-order valence-corrected chi connectivity index (χ3v) is 3.67. The van der Waals surface area contributed by atoms with Gasteiger partial charge in [0.15, 0.2) is 0 Å². The van der Waals surface area contributed by atoms with E-state index >= 15 is 0 Å². The van der Waals surface area contributed by atoms with Crippen LogP contribution in [0, 0.1) is 5.82 Å². The zero-order valence-electron chi connectivity index (χ0n) is 11.2. The molecule has 1 aliphatic carbocycles. The Kier molecular flexibility index (Phi) is 4.22. The van der Waals surface area contributed by atoms with Gasteiger partial charge >= 0.3 is 6.18 Å². The Hall–Kier alpha value is -1.30. The summed E-state index contributed by atoms with van der Waals surface area (Å²) < 4.78 is 56.9. The number of hydrogen-bond donors (Lipinski definition) is 1. The van der Waals surface area contributed by atoms with Crippen LogP contribution in [0.1, 0.15) is 31.2 Å². The van der Waals surface area contributed by atoms with Crippen molar-refractivity contribution in [3.63, 3.8) is 0 Å². The van der Waals surface area contributed by atoms with E-state index in [1.165, 1.54) is 6.07 Å². The summed E-state index contributed by atoms with van der Waals surface area (Å²) in [6.45, 7) is 0.729. The molecule has 6 heteroatoms. The van der Waals surface area contributed by atoms with Crippen molar-refractivity contribution in [2.45, 2.75) is 37.5 Å². The zero-order chi connectivity index (χ0) is 14.8. The van der Waals surface area contributed by atoms with Crippen molar-refractivity contribution in [3.05, 3.63) is 29.6 Å². The van der Waals surface area contributed by atoms with Crippen LogP contribution in [-0.4, -0.2) is 19.2 Å². The maximum Gasteiger partial charge on any atom is 0.419 e. The number of alkyl halides is 3. The Morgan fingerprint density at radius 2 is 2.00 bits per heavy atom. The van der Waals surface area contributed by atoms with Crippen molar-refractivity contribution in [1.82, 2.24) is 5.32 Å². The van der Waals surface area contributed by atoms with E-state index in [4.69, 9.17) is 4.74 Å². The molecule has 0 bridgehead atoms. The molecule has 0 amide bonds. The highest BCUT2D eigenvalue weighted by Crippen LogP contribution is 2.41. The van der Waals surface area contributed by atoms with Crippen LogP contribution in [0.4, 0.5) is 17.6 Å². The van der Waals surface area contributed by atoms with E-state index in [-0.39, 0.29) is 5.75 Å². The van der Waals surface area contributed by atoms with Crippen LogP contribution in [0.2, 0.25) is 0 Å². The molecule has 0 aliphatic heterocycles. The molecule has 1 aliphatic rings. The monoisotopic (exact) mass is 291 g/mol. The minimum Gasteiger partial charge on any atom is -0.487 e. The molecule has 1 N–H and O–H groups in total. The standard InChI is InChI=1S/C14H17F4NO/c1-19-8-7-13(5-2-6-13)20-10-3-4-12(15)11(9-10)14(16,17)18/h3-4,9,19H,2,5-8H2,1H3. The molecule has 1 aromatic carbocycles. The summed E-state index contributed by atoms with van der Waals surface area (Å²) in [4.78, 5) is 0. The molecular weight excluding hydrogens is 274 g/mol. The maximum absolute atomic E-state index is 13.2. The minimum absolute atomic E-state index is 0.0783. The highest BCUT2D eigenvalue weighted by atomic mass is 19.4. The van der Waals surface area contributed by atoms with Gasteiger partial charge in [-0.3, -0.25) is 0 Å². The molecule has 0 heterocycles. The fraction of sp³-hybridized carbons (Fsp3) is 0.571. The molecule has 0 atom stereocenters. The average molecular weight is 291 g/mol. The third kappa shape index (κ3) is 3.23. The van der Waals surface area contributed by atoms with Gasteiger partial charge in [-0.1, -0.05) is 0 Å². The van der Waals surface area contributed by atoms with Crippen LogP contribution in [0.5, 0.6) is 5.75 Å². The van der Waals surface area contributed by atoms with Crippen molar-refractivity contribution in [2.75, 3.05) is 13.6 Å². The fourth-order valence-corrected chi connectivity index (χ4v) is 2.36. The van der Waals surface area contributed by atoms with Gasteiger partial charge in [0.2, 0.25) is 0 Å². The van der Waals surface area contributed by atoms with Gasteiger partial charge in [-0.25, -0.2) is 4.39 Å². The summed E-state index contributed by atoms with van der Waals surface area (Å²) in [5.74, 6) is -1.20. The van der Waals surface area contributed by atoms with Gasteiger partial charge in [-0.2, -0.15) is 13.2 Å². The zero-order valence-corrected chi connectivity index (χ0v) is 11.2. The largest absolute Gasteiger partial charge is 0.487 e. The van der Waals surface area contributed by atoms with E-state index in [1.807, 2.05) is 7.05 Å². The lowest BCUT2D eigenvalue weighted by Crippen LogP contribution is -2.45. The van der Waals surface area contributed by atoms with Gasteiger partial charge in [0.05, 0.1) is 5.56 Å². The first-order chi connectivity index (χ1) is 9.36. The molecule has 2 rings (SSSR count). The van der Waals surface area contributed by atoms with E-state index in [9.17, 15) is 17.6 Å². The highest BCUT2D eigenvalue weighted by Gasteiger charge is 2.40. The molecule has 20 heavy (non-hydrogen) atoms. The second-order valence-electron chi connectivity index (χ2n) is 5.13. The van der Waals surface area contributed by atoms with Crippen LogP contribution in [0.3, 0.4) is 0 Å². The number of halogens is 4. The number of hydrogen-bond acceptors (Lipinski definition) is 2. The van der Waals surface area contributed by atoms with Gasteiger partial charge in [0.25, 0.3) is 0 Å². The summed E-state index contributed by atoms with van der Waals surface area (Å²) >= 11 is 0. The van der Waals surface area contributed by atoms with Crippen LogP contribution < -0.4 is 10.1 Å². The Labute approximate surface area is 115 Å². The second kappa shape index (κ2) is 5.60. The number of benzene rings is 1. The van der Waals surface area contributed by atoms with Crippen molar-refractivity contribution < 1.29 is 22.3 Å². The normalized spacial score (nSPS) is 17.6. The Bertz CT molecular complexity index is 469. The summed E-state index contributed by atoms with van der Waals surface area (Å²) in [7, 11) is 1.81. The second-order valence-corrected chi connectivity index (χ2v) is 5.13. The lowest BCUT2D eigenvalue weighted by molar-refractivity contribution is -0.140. The molecule has 1 fully saturated rings. The molecule has 0 spiro atoms. The molecule has 1 aromatic rings. The lowest BCUT2D eigenvalue weighted by atomic mass is 9.77. The number of nitrogens with one attached hydrogen (secondary N) is 1. The van der Waals surface area contributed by atoms with Crippen LogP contribution in [0.25, 0.3) is 0 Å². The van der Waals surface area contributed by atoms with Crippen LogP contribution in [-0.2, 0) is 6.18 Å². The van der Waals surface area contributed by atoms with E-state index in [1.54, 1.807) is 0 Å². The Morgan fingerprint density at radius 3 is 2.50 bits per heavy atom. The molecule has 0 radical (unpaired) electrons. The van der Waals surface area contributed by atoms with Crippen molar-refractivity contribution in [1.29, 1.82) is 0 Å². The van der Waals surface area contributed by atoms with Crippen LogP contribution in [0.15, 0.2) is 18.2 Å². The van der Waals surface area contributed by atoms with Crippen molar-refractivity contribution in [3.8, 4) is 5.75 Å². The van der Waals surface area contributed by atoms with Gasteiger partial charge in [0, 0.05) is 0 Å². The minimum atomic E-state index is -4.71. The van der Waals surface area contributed by atoms with Gasteiger partial charge in [0.1, 0.15) is 17.2 Å². The van der Waals surface area contributed by atoms with Gasteiger partial charge < -0.3 is 10.1 Å². The first-order valence-electron chi connectivity index (χ1n) is 6.57. The maximum atomic E-state index is 13.2. The average Bonchev–Trinajstić information content (AvgIpc) is 2.33.